The van der Waals surface area contributed by atoms with Crippen molar-refractivity contribution in [1.82, 2.24) is 0 Å². The van der Waals surface area contributed by atoms with Gasteiger partial charge in [0.15, 0.2) is 0 Å². The van der Waals surface area contributed by atoms with E-state index in [2.05, 4.69) is 6.07 Å². The number of nitrogens with zero attached hydrogens (tertiary/aromatic N) is 1. The summed E-state index contributed by atoms with van der Waals surface area (Å²) in [5, 5.41) is 0. The Kier molecular flexibility index (Phi) is 3.73. The van der Waals surface area contributed by atoms with Crippen LogP contribution in [-0.2, 0) is 21.2 Å². The van der Waals surface area contributed by atoms with Crippen molar-refractivity contribution in [1.29, 1.82) is 0 Å². The number of rotatable bonds is 4. The van der Waals surface area contributed by atoms with Gasteiger partial charge in [-0.15, -0.1) is 0 Å². The van der Waals surface area contributed by atoms with Gasteiger partial charge in [0.05, 0.1) is 17.7 Å². The van der Waals surface area contributed by atoms with E-state index < -0.39 is 22.0 Å². The SMILES string of the molecule is COc1ccc(S(=O)(=O)N2c3[c]cccc3CC2C(N)=O)cc1. The number of sulfonamides is 1. The van der Waals surface area contributed by atoms with E-state index >= 15 is 0 Å². The summed E-state index contributed by atoms with van der Waals surface area (Å²) in [4.78, 5) is 11.8. The minimum absolute atomic E-state index is 0.0645. The molecule has 1 unspecified atom stereocenters. The third kappa shape index (κ3) is 2.53. The number of amides is 1. The lowest BCUT2D eigenvalue weighted by atomic mass is 10.1. The standard InChI is InChI=1S/C16H15N2O4S/c1-22-12-6-8-13(9-7-12)23(20,21)18-14-5-3-2-4-11(14)10-15(18)16(17)19/h2-4,6-9,15H,10H2,1H3,(H2,17,19). The molecule has 0 aromatic heterocycles. The van der Waals surface area contributed by atoms with E-state index in [0.717, 1.165) is 9.87 Å². The number of para-hydroxylation sites is 1. The fourth-order valence-corrected chi connectivity index (χ4v) is 4.28. The smallest absolute Gasteiger partial charge is 0.265 e. The second-order valence-electron chi connectivity index (χ2n) is 5.14. The summed E-state index contributed by atoms with van der Waals surface area (Å²) in [6, 6.07) is 13.1. The Hall–Kier alpha value is -2.54. The van der Waals surface area contributed by atoms with E-state index in [-0.39, 0.29) is 11.3 Å². The Labute approximate surface area is 134 Å². The van der Waals surface area contributed by atoms with E-state index in [9.17, 15) is 13.2 Å². The first kappa shape index (κ1) is 15.4. The molecule has 0 saturated carbocycles. The summed E-state index contributed by atoms with van der Waals surface area (Å²) >= 11 is 0. The number of benzene rings is 2. The molecule has 2 N–H and O–H groups in total. The van der Waals surface area contributed by atoms with Gasteiger partial charge in [-0.1, -0.05) is 18.2 Å². The van der Waals surface area contributed by atoms with E-state index in [1.54, 1.807) is 30.3 Å². The number of nitrogens with two attached hydrogens (primary N) is 1. The molecule has 7 heteroatoms. The van der Waals surface area contributed by atoms with Gasteiger partial charge in [-0.25, -0.2) is 8.42 Å². The average molecular weight is 331 g/mol. The second kappa shape index (κ2) is 5.58. The third-order valence-corrected chi connectivity index (χ3v) is 5.60. The zero-order chi connectivity index (χ0) is 16.6. The maximum Gasteiger partial charge on any atom is 0.265 e. The minimum atomic E-state index is -3.93. The van der Waals surface area contributed by atoms with Crippen LogP contribution in [0.15, 0.2) is 47.4 Å². The van der Waals surface area contributed by atoms with Crippen LogP contribution in [0.25, 0.3) is 0 Å². The molecule has 0 saturated heterocycles. The molecule has 0 bridgehead atoms. The Bertz CT molecular complexity index is 847. The number of primary amides is 1. The molecule has 2 aromatic rings. The van der Waals surface area contributed by atoms with Crippen molar-refractivity contribution in [2.24, 2.45) is 5.73 Å². The quantitative estimate of drug-likeness (QED) is 0.908. The van der Waals surface area contributed by atoms with Gasteiger partial charge in [0.25, 0.3) is 10.0 Å². The molecule has 1 aliphatic rings. The van der Waals surface area contributed by atoms with Crippen molar-refractivity contribution < 1.29 is 17.9 Å². The average Bonchev–Trinajstić information content (AvgIpc) is 2.95. The molecule has 6 nitrogen and oxygen atoms in total. The molecular weight excluding hydrogens is 316 g/mol. The normalized spacial score (nSPS) is 16.9. The maximum atomic E-state index is 13.0. The lowest BCUT2D eigenvalue weighted by molar-refractivity contribution is -0.118. The number of methoxy groups -OCH3 is 1. The van der Waals surface area contributed by atoms with E-state index in [4.69, 9.17) is 10.5 Å². The first-order valence-electron chi connectivity index (χ1n) is 6.92. The summed E-state index contributed by atoms with van der Waals surface area (Å²) in [5.74, 6) is -0.143. The van der Waals surface area contributed by atoms with Gasteiger partial charge in [-0.05, 0) is 29.8 Å². The van der Waals surface area contributed by atoms with Crippen molar-refractivity contribution in [3.05, 3.63) is 54.1 Å². The van der Waals surface area contributed by atoms with Crippen molar-refractivity contribution in [3.63, 3.8) is 0 Å². The highest BCUT2D eigenvalue weighted by atomic mass is 32.2. The molecule has 23 heavy (non-hydrogen) atoms. The number of carbonyl (C=O) groups excluding carboxylic acids is 1. The molecule has 0 fully saturated rings. The topological polar surface area (TPSA) is 89.7 Å². The van der Waals surface area contributed by atoms with Gasteiger partial charge < -0.3 is 10.5 Å². The van der Waals surface area contributed by atoms with Crippen molar-refractivity contribution in [3.8, 4) is 5.75 Å². The van der Waals surface area contributed by atoms with Crippen LogP contribution >= 0.6 is 0 Å². The van der Waals surface area contributed by atoms with Crippen LogP contribution in [0, 0.1) is 6.07 Å². The van der Waals surface area contributed by atoms with Crippen molar-refractivity contribution in [2.45, 2.75) is 17.4 Å². The van der Waals surface area contributed by atoms with Crippen molar-refractivity contribution >= 4 is 21.6 Å². The molecule has 1 heterocycles. The highest BCUT2D eigenvalue weighted by Crippen LogP contribution is 2.36. The zero-order valence-corrected chi connectivity index (χ0v) is 13.2. The Morgan fingerprint density at radius 2 is 2.00 bits per heavy atom. The zero-order valence-electron chi connectivity index (χ0n) is 12.4. The number of ether oxygens (including phenoxy) is 1. The fraction of sp³-hybridized carbons (Fsp3) is 0.188. The number of carbonyl (C=O) groups is 1. The molecule has 0 spiro atoms. The highest BCUT2D eigenvalue weighted by Gasteiger charge is 2.41. The van der Waals surface area contributed by atoms with Gasteiger partial charge >= 0.3 is 0 Å². The van der Waals surface area contributed by atoms with Crippen LogP contribution in [0.1, 0.15) is 5.56 Å². The van der Waals surface area contributed by atoms with E-state index in [0.29, 0.717) is 11.4 Å². The van der Waals surface area contributed by atoms with E-state index in [1.165, 1.54) is 19.2 Å². The monoisotopic (exact) mass is 331 g/mol. The van der Waals surface area contributed by atoms with Gasteiger partial charge in [-0.2, -0.15) is 0 Å². The molecular formula is C16H15N2O4S. The maximum absolute atomic E-state index is 13.0. The number of hydrogen-bond acceptors (Lipinski definition) is 4. The van der Waals surface area contributed by atoms with Crippen LogP contribution in [0.4, 0.5) is 5.69 Å². The molecule has 1 aliphatic heterocycles. The van der Waals surface area contributed by atoms with Crippen LogP contribution in [0.3, 0.4) is 0 Å². The lowest BCUT2D eigenvalue weighted by Gasteiger charge is -2.24. The molecule has 119 valence electrons. The number of hydrogen-bond donors (Lipinski definition) is 1. The van der Waals surface area contributed by atoms with E-state index in [1.807, 2.05) is 0 Å². The summed E-state index contributed by atoms with van der Waals surface area (Å²) in [7, 11) is -2.43. The summed E-state index contributed by atoms with van der Waals surface area (Å²) in [6.07, 6.45) is 0.247. The van der Waals surface area contributed by atoms with Crippen LogP contribution in [0.5, 0.6) is 5.75 Å². The lowest BCUT2D eigenvalue weighted by Crippen LogP contribution is -2.46. The largest absolute Gasteiger partial charge is 0.497 e. The molecule has 1 radical (unpaired) electrons. The molecule has 1 amide bonds. The Morgan fingerprint density at radius 3 is 2.61 bits per heavy atom. The first-order chi connectivity index (χ1) is 10.9. The van der Waals surface area contributed by atoms with Crippen LogP contribution in [-0.4, -0.2) is 27.5 Å². The second-order valence-corrected chi connectivity index (χ2v) is 6.96. The third-order valence-electron chi connectivity index (χ3n) is 3.78. The number of fused-ring (bicyclic) bond motifs is 1. The first-order valence-corrected chi connectivity index (χ1v) is 8.36. The molecule has 1 atom stereocenters. The van der Waals surface area contributed by atoms with Gasteiger partial charge in [0.1, 0.15) is 11.8 Å². The fourth-order valence-electron chi connectivity index (χ4n) is 2.64. The Morgan fingerprint density at radius 1 is 1.30 bits per heavy atom. The minimum Gasteiger partial charge on any atom is -0.497 e. The highest BCUT2D eigenvalue weighted by molar-refractivity contribution is 7.93. The molecule has 2 aromatic carbocycles. The number of anilines is 1. The summed E-state index contributed by atoms with van der Waals surface area (Å²) < 4.78 is 32.0. The Balaban J connectivity index is 2.10. The predicted molar refractivity (Wildman–Crippen MR) is 84.6 cm³/mol. The van der Waals surface area contributed by atoms with Gasteiger partial charge in [0.2, 0.25) is 5.91 Å². The van der Waals surface area contributed by atoms with Gasteiger partial charge in [-0.3, -0.25) is 9.10 Å². The molecule has 0 aliphatic carbocycles. The van der Waals surface area contributed by atoms with Gasteiger partial charge in [0, 0.05) is 12.5 Å². The van der Waals surface area contributed by atoms with Crippen molar-refractivity contribution in [2.75, 3.05) is 11.4 Å². The summed E-state index contributed by atoms with van der Waals surface area (Å²) in [5.41, 5.74) is 6.51. The van der Waals surface area contributed by atoms with Crippen LogP contribution in [0.2, 0.25) is 0 Å². The predicted octanol–water partition coefficient (Wildman–Crippen LogP) is 1.10. The summed E-state index contributed by atoms with van der Waals surface area (Å²) in [6.45, 7) is 0. The molecule has 3 rings (SSSR count). The van der Waals surface area contributed by atoms with Crippen LogP contribution < -0.4 is 14.8 Å².